The lowest BCUT2D eigenvalue weighted by molar-refractivity contribution is 0.335. The van der Waals surface area contributed by atoms with Crippen molar-refractivity contribution in [3.05, 3.63) is 95.5 Å². The molecule has 3 aromatic carbocycles. The molecule has 0 bridgehead atoms. The molecule has 3 nitrogen and oxygen atoms in total. The summed E-state index contributed by atoms with van der Waals surface area (Å²) < 4.78 is 20.1. The van der Waals surface area contributed by atoms with Gasteiger partial charge in [0.25, 0.3) is 7.37 Å². The molecule has 134 valence electrons. The third-order valence-corrected chi connectivity index (χ3v) is 7.31. The van der Waals surface area contributed by atoms with E-state index in [4.69, 9.17) is 16.1 Å². The van der Waals surface area contributed by atoms with E-state index in [9.17, 15) is 4.57 Å². The van der Waals surface area contributed by atoms with Gasteiger partial charge in [-0.25, -0.2) is 0 Å². The zero-order valence-electron chi connectivity index (χ0n) is 14.5. The van der Waals surface area contributed by atoms with E-state index >= 15 is 0 Å². The molecule has 0 saturated heterocycles. The monoisotopic (exact) mass is 385 g/mol. The van der Waals surface area contributed by atoms with Crippen LogP contribution in [-0.4, -0.2) is 6.61 Å². The van der Waals surface area contributed by atoms with Crippen molar-refractivity contribution in [3.8, 4) is 0 Å². The van der Waals surface area contributed by atoms with Crippen LogP contribution in [0.25, 0.3) is 0 Å². The van der Waals surface area contributed by atoms with E-state index < -0.39 is 13.2 Å². The van der Waals surface area contributed by atoms with Gasteiger partial charge in [-0.1, -0.05) is 72.3 Å². The summed E-state index contributed by atoms with van der Waals surface area (Å²) >= 11 is 6.40. The Morgan fingerprint density at radius 2 is 1.50 bits per heavy atom. The lowest BCUT2D eigenvalue weighted by Gasteiger charge is -2.30. The predicted molar refractivity (Wildman–Crippen MR) is 110 cm³/mol. The zero-order chi connectivity index (χ0) is 18.4. The molecule has 0 amide bonds. The number of hydrogen-bond donors (Lipinski definition) is 1. The third-order valence-electron chi connectivity index (χ3n) is 4.04. The first kappa shape index (κ1) is 18.7. The molecule has 0 aliphatic heterocycles. The van der Waals surface area contributed by atoms with Gasteiger partial charge in [0.1, 0.15) is 5.78 Å². The molecule has 0 heterocycles. The van der Waals surface area contributed by atoms with Crippen LogP contribution >= 0.6 is 19.0 Å². The maximum atomic E-state index is 14.2. The number of rotatable bonds is 7. The molecule has 2 atom stereocenters. The lowest BCUT2D eigenvalue weighted by Crippen LogP contribution is -2.21. The van der Waals surface area contributed by atoms with Gasteiger partial charge in [-0.2, -0.15) is 0 Å². The Hall–Kier alpha value is -2.06. The van der Waals surface area contributed by atoms with Crippen LogP contribution in [0.1, 0.15) is 18.3 Å². The maximum Gasteiger partial charge on any atom is 0.259 e. The molecular formula is C21H21ClNO2P. The second-order valence-corrected chi connectivity index (χ2v) is 8.65. The highest BCUT2D eigenvalue weighted by Gasteiger charge is 2.38. The van der Waals surface area contributed by atoms with E-state index in [1.165, 1.54) is 0 Å². The number of hydrogen-bond acceptors (Lipinski definition) is 3. The van der Waals surface area contributed by atoms with Crippen LogP contribution in [0.5, 0.6) is 0 Å². The Bertz CT molecular complexity index is 887. The Kier molecular flexibility index (Phi) is 6.16. The lowest BCUT2D eigenvalue weighted by atomic mass is 10.2. The Morgan fingerprint density at radius 1 is 0.923 bits per heavy atom. The summed E-state index contributed by atoms with van der Waals surface area (Å²) in [5.74, 6) is -0.550. The average molecular weight is 386 g/mol. The number of para-hydroxylation sites is 1. The van der Waals surface area contributed by atoms with Gasteiger partial charge in [0.15, 0.2) is 0 Å². The van der Waals surface area contributed by atoms with Crippen molar-refractivity contribution in [3.63, 3.8) is 0 Å². The fourth-order valence-electron chi connectivity index (χ4n) is 2.87. The average Bonchev–Trinajstić information content (AvgIpc) is 2.68. The molecule has 1 N–H and O–H groups in total. The van der Waals surface area contributed by atoms with Gasteiger partial charge < -0.3 is 9.84 Å². The van der Waals surface area contributed by atoms with Crippen molar-refractivity contribution in [2.24, 2.45) is 0 Å². The number of halogens is 1. The maximum absolute atomic E-state index is 14.2. The summed E-state index contributed by atoms with van der Waals surface area (Å²) in [6, 6.07) is 26.6. The molecule has 0 aliphatic rings. The Labute approximate surface area is 159 Å². The molecule has 3 aromatic rings. The molecule has 0 saturated carbocycles. The number of anilines is 1. The van der Waals surface area contributed by atoms with E-state index in [2.05, 4.69) is 5.32 Å². The highest BCUT2D eigenvalue weighted by atomic mass is 35.5. The topological polar surface area (TPSA) is 38.3 Å². The molecular weight excluding hydrogens is 365 g/mol. The first-order chi connectivity index (χ1) is 12.6. The van der Waals surface area contributed by atoms with Crippen molar-refractivity contribution in [2.45, 2.75) is 12.7 Å². The molecule has 0 radical (unpaired) electrons. The molecule has 3 rings (SSSR count). The third kappa shape index (κ3) is 4.02. The van der Waals surface area contributed by atoms with Gasteiger partial charge in [-0.15, -0.1) is 0 Å². The van der Waals surface area contributed by atoms with Gasteiger partial charge in [0, 0.05) is 5.69 Å². The predicted octanol–water partition coefficient (Wildman–Crippen LogP) is 6.09. The second-order valence-electron chi connectivity index (χ2n) is 5.79. The SMILES string of the molecule is CCOP(=O)(c1ccccc1Cl)C(Nc1ccccc1)c1ccccc1. The van der Waals surface area contributed by atoms with Gasteiger partial charge >= 0.3 is 0 Å². The molecule has 0 spiro atoms. The van der Waals surface area contributed by atoms with Crippen molar-refractivity contribution < 1.29 is 9.09 Å². The van der Waals surface area contributed by atoms with Gasteiger partial charge in [0.05, 0.1) is 16.9 Å². The van der Waals surface area contributed by atoms with Crippen LogP contribution < -0.4 is 10.6 Å². The van der Waals surface area contributed by atoms with Crippen LogP contribution in [0.3, 0.4) is 0 Å². The molecule has 5 heteroatoms. The van der Waals surface area contributed by atoms with Crippen molar-refractivity contribution in [1.82, 2.24) is 0 Å². The smallest absolute Gasteiger partial charge is 0.259 e. The summed E-state index contributed by atoms with van der Waals surface area (Å²) in [4.78, 5) is 0. The van der Waals surface area contributed by atoms with Gasteiger partial charge in [0.2, 0.25) is 0 Å². The van der Waals surface area contributed by atoms with E-state index in [0.717, 1.165) is 11.3 Å². The highest BCUT2D eigenvalue weighted by Crippen LogP contribution is 2.59. The minimum absolute atomic E-state index is 0.322. The molecule has 0 aliphatic carbocycles. The molecule has 2 unspecified atom stereocenters. The Balaban J connectivity index is 2.14. The largest absolute Gasteiger partial charge is 0.370 e. The quantitative estimate of drug-likeness (QED) is 0.500. The van der Waals surface area contributed by atoms with Crippen LogP contribution in [0.2, 0.25) is 5.02 Å². The Morgan fingerprint density at radius 3 is 2.12 bits per heavy atom. The standard InChI is InChI=1S/C21H21ClNO2P/c1-2-25-26(24,20-16-10-9-15-19(20)22)21(17-11-5-3-6-12-17)23-18-13-7-4-8-14-18/h3-16,21,23H,2H2,1H3. The van der Waals surface area contributed by atoms with Crippen molar-refractivity contribution in [2.75, 3.05) is 11.9 Å². The van der Waals surface area contributed by atoms with Crippen molar-refractivity contribution in [1.29, 1.82) is 0 Å². The molecule has 0 aromatic heterocycles. The minimum atomic E-state index is -3.35. The van der Waals surface area contributed by atoms with E-state index in [-0.39, 0.29) is 0 Å². The number of benzene rings is 3. The van der Waals surface area contributed by atoms with Crippen LogP contribution in [0.15, 0.2) is 84.9 Å². The summed E-state index contributed by atoms with van der Waals surface area (Å²) in [5, 5.41) is 4.37. The van der Waals surface area contributed by atoms with Crippen LogP contribution in [-0.2, 0) is 9.09 Å². The summed E-state index contributed by atoms with van der Waals surface area (Å²) in [7, 11) is -3.35. The van der Waals surface area contributed by atoms with Gasteiger partial charge in [-0.3, -0.25) is 4.57 Å². The van der Waals surface area contributed by atoms with E-state index in [1.807, 2.05) is 79.7 Å². The van der Waals surface area contributed by atoms with E-state index in [0.29, 0.717) is 16.9 Å². The minimum Gasteiger partial charge on any atom is -0.370 e. The zero-order valence-corrected chi connectivity index (χ0v) is 16.2. The van der Waals surface area contributed by atoms with Crippen molar-refractivity contribution >= 4 is 30.0 Å². The normalized spacial score (nSPS) is 14.4. The summed E-state index contributed by atoms with van der Waals surface area (Å²) in [5.41, 5.74) is 1.75. The first-order valence-electron chi connectivity index (χ1n) is 8.51. The summed E-state index contributed by atoms with van der Waals surface area (Å²) in [6.07, 6.45) is 0. The second kappa shape index (κ2) is 8.55. The molecule has 26 heavy (non-hydrogen) atoms. The van der Waals surface area contributed by atoms with Crippen LogP contribution in [0, 0.1) is 0 Å². The van der Waals surface area contributed by atoms with E-state index in [1.54, 1.807) is 12.1 Å². The first-order valence-corrected chi connectivity index (χ1v) is 10.6. The highest BCUT2D eigenvalue weighted by molar-refractivity contribution is 7.67. The summed E-state index contributed by atoms with van der Waals surface area (Å²) in [6.45, 7) is 2.16. The fraction of sp³-hybridized carbons (Fsp3) is 0.143. The van der Waals surface area contributed by atoms with Gasteiger partial charge in [-0.05, 0) is 36.8 Å². The fourth-order valence-corrected chi connectivity index (χ4v) is 5.86. The number of nitrogens with one attached hydrogen (secondary N) is 1. The molecule has 0 fully saturated rings. The van der Waals surface area contributed by atoms with Crippen LogP contribution in [0.4, 0.5) is 5.69 Å².